The van der Waals surface area contributed by atoms with Crippen molar-refractivity contribution < 1.29 is 9.66 Å². The van der Waals surface area contributed by atoms with Gasteiger partial charge in [-0.25, -0.2) is 0 Å². The Balaban J connectivity index is 2.05. The minimum absolute atomic E-state index is 0.0110. The molecule has 0 heterocycles. The average molecular weight is 251 g/mol. The van der Waals surface area contributed by atoms with Crippen LogP contribution >= 0.6 is 0 Å². The third-order valence-corrected chi connectivity index (χ3v) is 3.11. The second kappa shape index (κ2) is 5.22. The Hall–Kier alpha value is -1.82. The van der Waals surface area contributed by atoms with Gasteiger partial charge in [-0.1, -0.05) is 0 Å². The molecule has 18 heavy (non-hydrogen) atoms. The molecule has 0 bridgehead atoms. The number of nitrogens with one attached hydrogen (secondary N) is 1. The van der Waals surface area contributed by atoms with Gasteiger partial charge >= 0.3 is 0 Å². The van der Waals surface area contributed by atoms with Gasteiger partial charge in [-0.3, -0.25) is 10.1 Å². The van der Waals surface area contributed by atoms with Crippen LogP contribution in [-0.4, -0.2) is 24.6 Å². The fourth-order valence-corrected chi connectivity index (χ4v) is 1.84. The van der Waals surface area contributed by atoms with Crippen LogP contribution in [0, 0.1) is 16.0 Å². The van der Waals surface area contributed by atoms with E-state index in [2.05, 4.69) is 5.32 Å². The van der Waals surface area contributed by atoms with Crippen LogP contribution in [0.1, 0.15) is 12.8 Å². The molecule has 1 atom stereocenters. The molecule has 6 nitrogen and oxygen atoms in total. The highest BCUT2D eigenvalue weighted by atomic mass is 16.6. The Kier molecular flexibility index (Phi) is 3.66. The summed E-state index contributed by atoms with van der Waals surface area (Å²) in [6.45, 7) is 0.620. The van der Waals surface area contributed by atoms with E-state index >= 15 is 0 Å². The maximum atomic E-state index is 10.8. The van der Waals surface area contributed by atoms with Crippen molar-refractivity contribution in [2.75, 3.05) is 19.0 Å². The first kappa shape index (κ1) is 12.6. The van der Waals surface area contributed by atoms with E-state index in [1.165, 1.54) is 32.1 Å². The van der Waals surface area contributed by atoms with Gasteiger partial charge in [-0.2, -0.15) is 0 Å². The number of hydrogen-bond acceptors (Lipinski definition) is 5. The predicted molar refractivity (Wildman–Crippen MR) is 68.8 cm³/mol. The van der Waals surface area contributed by atoms with E-state index in [0.717, 1.165) is 0 Å². The van der Waals surface area contributed by atoms with E-state index < -0.39 is 4.92 Å². The van der Waals surface area contributed by atoms with Gasteiger partial charge in [0.2, 0.25) is 0 Å². The Labute approximate surface area is 105 Å². The lowest BCUT2D eigenvalue weighted by atomic mass is 10.2. The van der Waals surface area contributed by atoms with Crippen molar-refractivity contribution in [1.82, 2.24) is 0 Å². The molecule has 1 unspecified atom stereocenters. The molecule has 0 spiro atoms. The first-order chi connectivity index (χ1) is 8.60. The summed E-state index contributed by atoms with van der Waals surface area (Å²) in [6, 6.07) is 4.72. The number of nitro benzene ring substituents is 1. The molecule has 1 aliphatic rings. The predicted octanol–water partition coefficient (Wildman–Crippen LogP) is 1.75. The molecule has 2 rings (SSSR count). The number of nitrogens with zero attached hydrogens (tertiary/aromatic N) is 1. The van der Waals surface area contributed by atoms with E-state index in [1.807, 2.05) is 0 Å². The van der Waals surface area contributed by atoms with Crippen LogP contribution in [-0.2, 0) is 0 Å². The molecule has 1 aromatic carbocycles. The molecule has 1 saturated carbocycles. The van der Waals surface area contributed by atoms with Gasteiger partial charge in [0.1, 0.15) is 5.75 Å². The average Bonchev–Trinajstić information content (AvgIpc) is 3.19. The number of nitrogens with two attached hydrogens (primary N) is 1. The summed E-state index contributed by atoms with van der Waals surface area (Å²) in [6.07, 6.45) is 2.36. The molecule has 0 radical (unpaired) electrons. The monoisotopic (exact) mass is 251 g/mol. The van der Waals surface area contributed by atoms with Gasteiger partial charge in [0.05, 0.1) is 18.1 Å². The fraction of sp³-hybridized carbons (Fsp3) is 0.500. The highest BCUT2D eigenvalue weighted by Gasteiger charge is 2.28. The lowest BCUT2D eigenvalue weighted by Crippen LogP contribution is -2.31. The molecule has 98 valence electrons. The summed E-state index contributed by atoms with van der Waals surface area (Å²) in [4.78, 5) is 10.3. The largest absolute Gasteiger partial charge is 0.496 e. The zero-order valence-corrected chi connectivity index (χ0v) is 10.3. The summed E-state index contributed by atoms with van der Waals surface area (Å²) in [7, 11) is 1.48. The quantitative estimate of drug-likeness (QED) is 0.593. The smallest absolute Gasteiger partial charge is 0.275 e. The molecule has 1 fully saturated rings. The zero-order valence-electron chi connectivity index (χ0n) is 10.3. The summed E-state index contributed by atoms with van der Waals surface area (Å²) in [5.41, 5.74) is 6.64. The standard InChI is InChI=1S/C12H17N3O3/c1-18-11-5-9(4-10(6-11)15(16)17)14-7-12(13)8-2-3-8/h4-6,8,12,14H,2-3,7,13H2,1H3. The molecule has 0 aliphatic heterocycles. The number of anilines is 1. The molecule has 1 aromatic rings. The third kappa shape index (κ3) is 3.10. The van der Waals surface area contributed by atoms with Gasteiger partial charge in [0.25, 0.3) is 5.69 Å². The van der Waals surface area contributed by atoms with E-state index in [0.29, 0.717) is 23.9 Å². The van der Waals surface area contributed by atoms with Crippen LogP contribution in [0.15, 0.2) is 18.2 Å². The summed E-state index contributed by atoms with van der Waals surface area (Å²) < 4.78 is 5.04. The summed E-state index contributed by atoms with van der Waals surface area (Å²) in [5.74, 6) is 1.06. The van der Waals surface area contributed by atoms with Gasteiger partial charge in [-0.05, 0) is 18.8 Å². The zero-order chi connectivity index (χ0) is 13.1. The third-order valence-electron chi connectivity index (χ3n) is 3.11. The normalized spacial score (nSPS) is 16.1. The SMILES string of the molecule is COc1cc(NCC(N)C2CC2)cc([N+](=O)[O-])c1. The fourth-order valence-electron chi connectivity index (χ4n) is 1.84. The lowest BCUT2D eigenvalue weighted by molar-refractivity contribution is -0.384. The second-order valence-electron chi connectivity index (χ2n) is 4.56. The molecule has 0 amide bonds. The maximum absolute atomic E-state index is 10.8. The Morgan fingerprint density at radius 3 is 2.83 bits per heavy atom. The highest BCUT2D eigenvalue weighted by molar-refractivity contribution is 5.56. The molecular formula is C12H17N3O3. The van der Waals surface area contributed by atoms with E-state index in [9.17, 15) is 10.1 Å². The number of benzene rings is 1. The van der Waals surface area contributed by atoms with Gasteiger partial charge < -0.3 is 15.8 Å². The van der Waals surface area contributed by atoms with Gasteiger partial charge in [-0.15, -0.1) is 0 Å². The number of rotatable bonds is 6. The molecule has 0 saturated heterocycles. The number of non-ortho nitro benzene ring substituents is 1. The van der Waals surface area contributed by atoms with Gasteiger partial charge in [0, 0.05) is 30.4 Å². The van der Waals surface area contributed by atoms with Crippen LogP contribution < -0.4 is 15.8 Å². The number of nitro groups is 1. The van der Waals surface area contributed by atoms with Crippen molar-refractivity contribution in [3.05, 3.63) is 28.3 Å². The van der Waals surface area contributed by atoms with Crippen LogP contribution in [0.3, 0.4) is 0 Å². The Morgan fingerprint density at radius 1 is 1.56 bits per heavy atom. The Morgan fingerprint density at radius 2 is 2.28 bits per heavy atom. The van der Waals surface area contributed by atoms with Crippen molar-refractivity contribution in [3.8, 4) is 5.75 Å². The van der Waals surface area contributed by atoms with Crippen molar-refractivity contribution in [1.29, 1.82) is 0 Å². The number of ether oxygens (including phenoxy) is 1. The van der Waals surface area contributed by atoms with Gasteiger partial charge in [0.15, 0.2) is 0 Å². The molecule has 6 heteroatoms. The van der Waals surface area contributed by atoms with Crippen molar-refractivity contribution >= 4 is 11.4 Å². The van der Waals surface area contributed by atoms with Crippen LogP contribution in [0.25, 0.3) is 0 Å². The van der Waals surface area contributed by atoms with Crippen molar-refractivity contribution in [3.63, 3.8) is 0 Å². The first-order valence-electron chi connectivity index (χ1n) is 5.93. The summed E-state index contributed by atoms with van der Waals surface area (Å²) in [5, 5.41) is 13.9. The molecular weight excluding hydrogens is 234 g/mol. The van der Waals surface area contributed by atoms with Crippen molar-refractivity contribution in [2.45, 2.75) is 18.9 Å². The molecule has 3 N–H and O–H groups in total. The second-order valence-corrected chi connectivity index (χ2v) is 4.56. The molecule has 0 aromatic heterocycles. The summed E-state index contributed by atoms with van der Waals surface area (Å²) >= 11 is 0. The maximum Gasteiger partial charge on any atom is 0.275 e. The molecule has 1 aliphatic carbocycles. The van der Waals surface area contributed by atoms with Crippen LogP contribution in [0.5, 0.6) is 5.75 Å². The van der Waals surface area contributed by atoms with E-state index in [4.69, 9.17) is 10.5 Å². The highest BCUT2D eigenvalue weighted by Crippen LogP contribution is 2.32. The van der Waals surface area contributed by atoms with Crippen LogP contribution in [0.4, 0.5) is 11.4 Å². The number of hydrogen-bond donors (Lipinski definition) is 2. The first-order valence-corrected chi connectivity index (χ1v) is 5.93. The Bertz CT molecular complexity index is 446. The van der Waals surface area contributed by atoms with E-state index in [1.54, 1.807) is 6.07 Å². The van der Waals surface area contributed by atoms with E-state index in [-0.39, 0.29) is 11.7 Å². The lowest BCUT2D eigenvalue weighted by Gasteiger charge is -2.13. The topological polar surface area (TPSA) is 90.4 Å². The minimum atomic E-state index is -0.436. The van der Waals surface area contributed by atoms with Crippen LogP contribution in [0.2, 0.25) is 0 Å². The number of methoxy groups -OCH3 is 1. The minimum Gasteiger partial charge on any atom is -0.496 e. The van der Waals surface area contributed by atoms with Crippen molar-refractivity contribution in [2.24, 2.45) is 11.7 Å².